The van der Waals surface area contributed by atoms with Crippen LogP contribution in [0.5, 0.6) is 0 Å². The van der Waals surface area contributed by atoms with Crippen LogP contribution in [0.15, 0.2) is 0 Å². The number of ether oxygens (including phenoxy) is 1. The van der Waals surface area contributed by atoms with Crippen LogP contribution in [-0.2, 0) is 10.2 Å². The molecule has 0 aromatic carbocycles. The van der Waals surface area contributed by atoms with E-state index < -0.39 is 0 Å². The van der Waals surface area contributed by atoms with Gasteiger partial charge in [0, 0.05) is 38.3 Å². The second-order valence-electron chi connectivity index (χ2n) is 6.01. The first-order valence-corrected chi connectivity index (χ1v) is 6.87. The zero-order valence-corrected chi connectivity index (χ0v) is 13.4. The first kappa shape index (κ1) is 16.7. The van der Waals surface area contributed by atoms with Crippen molar-refractivity contribution in [3.8, 4) is 0 Å². The van der Waals surface area contributed by atoms with E-state index in [2.05, 4.69) is 36.1 Å². The molecule has 1 aromatic rings. The minimum absolute atomic E-state index is 0.124. The smallest absolute Gasteiger partial charge is 0.148 e. The van der Waals surface area contributed by atoms with Crippen LogP contribution in [0.25, 0.3) is 0 Å². The molecule has 0 bridgehead atoms. The van der Waals surface area contributed by atoms with Gasteiger partial charge >= 0.3 is 0 Å². The number of hydrogen-bond donors (Lipinski definition) is 2. The van der Waals surface area contributed by atoms with Gasteiger partial charge in [-0.15, -0.1) is 0 Å². The molecule has 20 heavy (non-hydrogen) atoms. The molecular weight excluding hydrogens is 254 g/mol. The number of hydrogen-bond acceptors (Lipinski definition) is 6. The quantitative estimate of drug-likeness (QED) is 0.471. The molecule has 1 rings (SSSR count). The topological polar surface area (TPSA) is 76.3 Å². The van der Waals surface area contributed by atoms with Crippen molar-refractivity contribution in [1.82, 2.24) is 9.97 Å². The van der Waals surface area contributed by atoms with Gasteiger partial charge in [0.15, 0.2) is 0 Å². The molecule has 3 N–H and O–H groups in total. The molecule has 0 aliphatic carbocycles. The lowest BCUT2D eigenvalue weighted by Gasteiger charge is -2.25. The number of hydrazine groups is 1. The summed E-state index contributed by atoms with van der Waals surface area (Å²) in [5, 5.41) is 0. The van der Waals surface area contributed by atoms with Crippen LogP contribution in [0.3, 0.4) is 0 Å². The Morgan fingerprint density at radius 2 is 1.95 bits per heavy atom. The van der Waals surface area contributed by atoms with E-state index in [9.17, 15) is 0 Å². The van der Waals surface area contributed by atoms with Crippen molar-refractivity contribution >= 4 is 11.6 Å². The molecule has 0 saturated carbocycles. The van der Waals surface area contributed by atoms with E-state index in [1.165, 1.54) is 0 Å². The fraction of sp³-hybridized carbons (Fsp3) is 0.714. The first-order valence-electron chi connectivity index (χ1n) is 6.87. The lowest BCUT2D eigenvalue weighted by molar-refractivity contribution is 0.196. The van der Waals surface area contributed by atoms with Crippen LogP contribution < -0.4 is 16.2 Å². The third kappa shape index (κ3) is 4.05. The summed E-state index contributed by atoms with van der Waals surface area (Å²) >= 11 is 0. The van der Waals surface area contributed by atoms with Crippen LogP contribution in [0, 0.1) is 6.92 Å². The van der Waals surface area contributed by atoms with E-state index in [1.807, 2.05) is 14.0 Å². The van der Waals surface area contributed by atoms with Crippen LogP contribution in [-0.4, -0.2) is 37.3 Å². The van der Waals surface area contributed by atoms with Gasteiger partial charge in [0.05, 0.1) is 0 Å². The Morgan fingerprint density at radius 3 is 2.45 bits per heavy atom. The number of anilines is 2. The van der Waals surface area contributed by atoms with Crippen LogP contribution in [0.2, 0.25) is 0 Å². The summed E-state index contributed by atoms with van der Waals surface area (Å²) in [6, 6.07) is 0. The molecule has 0 atom stereocenters. The Hall–Kier alpha value is -1.40. The summed E-state index contributed by atoms with van der Waals surface area (Å²) in [7, 11) is 3.74. The van der Waals surface area contributed by atoms with Gasteiger partial charge in [-0.25, -0.2) is 15.8 Å². The van der Waals surface area contributed by atoms with Crippen molar-refractivity contribution in [3.05, 3.63) is 11.4 Å². The largest absolute Gasteiger partial charge is 0.385 e. The van der Waals surface area contributed by atoms with E-state index in [-0.39, 0.29) is 5.41 Å². The van der Waals surface area contributed by atoms with E-state index in [0.717, 1.165) is 36.8 Å². The maximum absolute atomic E-state index is 5.57. The predicted molar refractivity (Wildman–Crippen MR) is 83.0 cm³/mol. The van der Waals surface area contributed by atoms with Gasteiger partial charge in [0.1, 0.15) is 17.5 Å². The maximum Gasteiger partial charge on any atom is 0.148 e. The number of nitrogens with two attached hydrogens (primary N) is 1. The average molecular weight is 281 g/mol. The molecule has 0 unspecified atom stereocenters. The monoisotopic (exact) mass is 281 g/mol. The minimum Gasteiger partial charge on any atom is -0.385 e. The summed E-state index contributed by atoms with van der Waals surface area (Å²) in [4.78, 5) is 11.3. The second-order valence-corrected chi connectivity index (χ2v) is 6.01. The normalized spacial score (nSPS) is 11.6. The molecule has 0 amide bonds. The molecular formula is C14H27N5O. The summed E-state index contributed by atoms with van der Waals surface area (Å²) in [5.74, 6) is 7.95. The molecule has 0 fully saturated rings. The number of nitrogens with zero attached hydrogens (tertiary/aromatic N) is 3. The Kier molecular flexibility index (Phi) is 5.71. The highest BCUT2D eigenvalue weighted by atomic mass is 16.5. The Balaban J connectivity index is 3.10. The zero-order chi connectivity index (χ0) is 15.3. The Bertz CT molecular complexity index is 442. The Morgan fingerprint density at radius 1 is 1.30 bits per heavy atom. The Labute approximate surface area is 121 Å². The number of nitrogen functional groups attached to an aromatic ring is 1. The van der Waals surface area contributed by atoms with E-state index in [0.29, 0.717) is 5.82 Å². The number of aromatic nitrogens is 2. The predicted octanol–water partition coefficient (Wildman–Crippen LogP) is 1.84. The van der Waals surface area contributed by atoms with E-state index >= 15 is 0 Å². The van der Waals surface area contributed by atoms with Crippen molar-refractivity contribution in [3.63, 3.8) is 0 Å². The van der Waals surface area contributed by atoms with Gasteiger partial charge in [-0.2, -0.15) is 0 Å². The van der Waals surface area contributed by atoms with Crippen LogP contribution in [0.4, 0.5) is 11.6 Å². The molecule has 0 aliphatic heterocycles. The van der Waals surface area contributed by atoms with Crippen molar-refractivity contribution in [2.24, 2.45) is 5.84 Å². The van der Waals surface area contributed by atoms with Gasteiger partial charge < -0.3 is 15.1 Å². The van der Waals surface area contributed by atoms with Crippen LogP contribution >= 0.6 is 0 Å². The average Bonchev–Trinajstić information content (AvgIpc) is 2.37. The maximum atomic E-state index is 5.57. The van der Waals surface area contributed by atoms with Gasteiger partial charge in [0.2, 0.25) is 0 Å². The summed E-state index contributed by atoms with van der Waals surface area (Å²) in [5.41, 5.74) is 3.50. The molecule has 0 radical (unpaired) electrons. The standard InChI is InChI=1S/C14H27N5O/c1-10-11(18-15)16-13(14(2,3)4)17-12(10)19(5)8-7-9-20-6/h7-9,15H2,1-6H3,(H,16,17,18). The fourth-order valence-electron chi connectivity index (χ4n) is 1.90. The van der Waals surface area contributed by atoms with Crippen molar-refractivity contribution in [2.75, 3.05) is 37.6 Å². The van der Waals surface area contributed by atoms with Crippen molar-refractivity contribution < 1.29 is 4.74 Å². The highest BCUT2D eigenvalue weighted by Gasteiger charge is 2.22. The van der Waals surface area contributed by atoms with Gasteiger partial charge in [-0.05, 0) is 13.3 Å². The SMILES string of the molecule is COCCCN(C)c1nc(C(C)(C)C)nc(NN)c1C. The molecule has 0 spiro atoms. The number of methoxy groups -OCH3 is 1. The highest BCUT2D eigenvalue weighted by molar-refractivity contribution is 5.58. The zero-order valence-electron chi connectivity index (χ0n) is 13.4. The second kappa shape index (κ2) is 6.85. The summed E-state index contributed by atoms with van der Waals surface area (Å²) in [6.45, 7) is 9.86. The first-order chi connectivity index (χ1) is 9.31. The van der Waals surface area contributed by atoms with E-state index in [4.69, 9.17) is 15.6 Å². The summed E-state index contributed by atoms with van der Waals surface area (Å²) in [6.07, 6.45) is 0.951. The summed E-state index contributed by atoms with van der Waals surface area (Å²) < 4.78 is 5.09. The lowest BCUT2D eigenvalue weighted by atomic mass is 9.95. The third-order valence-corrected chi connectivity index (χ3v) is 3.13. The highest BCUT2D eigenvalue weighted by Crippen LogP contribution is 2.27. The fourth-order valence-corrected chi connectivity index (χ4v) is 1.90. The van der Waals surface area contributed by atoms with E-state index in [1.54, 1.807) is 7.11 Å². The number of nitrogens with one attached hydrogen (secondary N) is 1. The molecule has 6 nitrogen and oxygen atoms in total. The van der Waals surface area contributed by atoms with Gasteiger partial charge in [-0.3, -0.25) is 0 Å². The number of rotatable bonds is 6. The van der Waals surface area contributed by atoms with Crippen molar-refractivity contribution in [1.29, 1.82) is 0 Å². The molecule has 1 heterocycles. The molecule has 6 heteroatoms. The van der Waals surface area contributed by atoms with Crippen molar-refractivity contribution in [2.45, 2.75) is 39.5 Å². The molecule has 1 aromatic heterocycles. The van der Waals surface area contributed by atoms with Crippen LogP contribution in [0.1, 0.15) is 38.6 Å². The lowest BCUT2D eigenvalue weighted by Crippen LogP contribution is -2.26. The molecule has 0 saturated heterocycles. The van der Waals surface area contributed by atoms with Gasteiger partial charge in [0.25, 0.3) is 0 Å². The molecule has 0 aliphatic rings. The minimum atomic E-state index is -0.124. The molecule has 114 valence electrons. The third-order valence-electron chi connectivity index (χ3n) is 3.13. The van der Waals surface area contributed by atoms with Gasteiger partial charge in [-0.1, -0.05) is 20.8 Å².